The smallest absolute Gasteiger partial charge is 0.253 e. The lowest BCUT2D eigenvalue weighted by Gasteiger charge is -2.35. The monoisotopic (exact) mass is 475 g/mol. The van der Waals surface area contributed by atoms with Gasteiger partial charge in [-0.3, -0.25) is 9.69 Å². The topological polar surface area (TPSA) is 60.9 Å². The first-order valence-electron chi connectivity index (χ1n) is 11.3. The van der Waals surface area contributed by atoms with Crippen molar-refractivity contribution in [2.24, 2.45) is 0 Å². The second-order valence-corrected chi connectivity index (χ2v) is 10.9. The molecule has 2 aliphatic heterocycles. The molecule has 172 valence electrons. The molecule has 0 unspecified atom stereocenters. The van der Waals surface area contributed by atoms with E-state index in [1.54, 1.807) is 28.6 Å². The van der Waals surface area contributed by atoms with E-state index in [0.717, 1.165) is 50.3 Å². The molecule has 6 nitrogen and oxygen atoms in total. The third-order valence-corrected chi connectivity index (χ3v) is 8.41. The van der Waals surface area contributed by atoms with Crippen molar-refractivity contribution in [2.75, 3.05) is 39.3 Å². The summed E-state index contributed by atoms with van der Waals surface area (Å²) in [5, 5.41) is 0.726. The van der Waals surface area contributed by atoms with Crippen LogP contribution in [0.5, 0.6) is 0 Å². The SMILES string of the molecule is O=C(c1cccc(S(=O)(=O)N2CCCCCC2)c1)N1CCN(Cc2ccc(Cl)cc2)CC1. The van der Waals surface area contributed by atoms with Crippen LogP contribution in [0.1, 0.15) is 41.6 Å². The van der Waals surface area contributed by atoms with E-state index in [1.165, 1.54) is 5.56 Å². The fraction of sp³-hybridized carbons (Fsp3) is 0.458. The fourth-order valence-corrected chi connectivity index (χ4v) is 6.05. The van der Waals surface area contributed by atoms with Gasteiger partial charge in [-0.15, -0.1) is 0 Å². The molecular weight excluding hydrogens is 446 g/mol. The van der Waals surface area contributed by atoms with E-state index in [-0.39, 0.29) is 10.8 Å². The van der Waals surface area contributed by atoms with E-state index < -0.39 is 10.0 Å². The number of piperazine rings is 1. The summed E-state index contributed by atoms with van der Waals surface area (Å²) in [6.07, 6.45) is 3.90. The van der Waals surface area contributed by atoms with Crippen LogP contribution in [0.15, 0.2) is 53.4 Å². The highest BCUT2D eigenvalue weighted by molar-refractivity contribution is 7.89. The Balaban J connectivity index is 1.39. The number of nitrogens with zero attached hydrogens (tertiary/aromatic N) is 3. The summed E-state index contributed by atoms with van der Waals surface area (Å²) in [6, 6.07) is 14.4. The standard InChI is InChI=1S/C24H30ClN3O3S/c25-22-10-8-20(9-11-22)19-26-14-16-27(17-15-26)24(29)21-6-5-7-23(18-21)32(30,31)28-12-3-1-2-4-13-28/h5-11,18H,1-4,12-17,19H2. The summed E-state index contributed by atoms with van der Waals surface area (Å²) >= 11 is 5.96. The van der Waals surface area contributed by atoms with Crippen molar-refractivity contribution >= 4 is 27.5 Å². The summed E-state index contributed by atoms with van der Waals surface area (Å²) in [6.45, 7) is 4.72. The molecule has 0 bridgehead atoms. The van der Waals surface area contributed by atoms with Crippen LogP contribution in [0.2, 0.25) is 5.02 Å². The van der Waals surface area contributed by atoms with E-state index in [4.69, 9.17) is 11.6 Å². The van der Waals surface area contributed by atoms with Crippen molar-refractivity contribution < 1.29 is 13.2 Å². The van der Waals surface area contributed by atoms with Crippen LogP contribution in [-0.4, -0.2) is 67.7 Å². The highest BCUT2D eigenvalue weighted by Gasteiger charge is 2.27. The summed E-state index contributed by atoms with van der Waals surface area (Å²) in [5.41, 5.74) is 1.63. The van der Waals surface area contributed by atoms with Gasteiger partial charge in [-0.25, -0.2) is 8.42 Å². The van der Waals surface area contributed by atoms with Gasteiger partial charge in [0.15, 0.2) is 0 Å². The lowest BCUT2D eigenvalue weighted by molar-refractivity contribution is 0.0628. The van der Waals surface area contributed by atoms with Gasteiger partial charge in [0, 0.05) is 56.4 Å². The number of carbonyl (C=O) groups excluding carboxylic acids is 1. The van der Waals surface area contributed by atoms with Gasteiger partial charge in [0.1, 0.15) is 0 Å². The maximum atomic E-state index is 13.1. The van der Waals surface area contributed by atoms with Crippen molar-refractivity contribution in [3.05, 3.63) is 64.7 Å². The van der Waals surface area contributed by atoms with Crippen LogP contribution in [-0.2, 0) is 16.6 Å². The van der Waals surface area contributed by atoms with E-state index >= 15 is 0 Å². The quantitative estimate of drug-likeness (QED) is 0.658. The predicted octanol–water partition coefficient (Wildman–Crippen LogP) is 3.86. The first-order chi connectivity index (χ1) is 15.4. The van der Waals surface area contributed by atoms with Gasteiger partial charge < -0.3 is 4.90 Å². The van der Waals surface area contributed by atoms with Crippen molar-refractivity contribution in [1.29, 1.82) is 0 Å². The molecule has 2 aromatic rings. The molecule has 0 atom stereocenters. The van der Waals surface area contributed by atoms with Crippen LogP contribution >= 0.6 is 11.6 Å². The van der Waals surface area contributed by atoms with Gasteiger partial charge in [-0.1, -0.05) is 42.6 Å². The largest absolute Gasteiger partial charge is 0.336 e. The van der Waals surface area contributed by atoms with Gasteiger partial charge in [-0.2, -0.15) is 4.31 Å². The number of benzene rings is 2. The molecule has 0 aromatic heterocycles. The molecule has 0 radical (unpaired) electrons. The van der Waals surface area contributed by atoms with Crippen molar-refractivity contribution in [3.63, 3.8) is 0 Å². The average Bonchev–Trinajstić information content (AvgIpc) is 3.11. The second kappa shape index (κ2) is 10.3. The van der Waals surface area contributed by atoms with Gasteiger partial charge in [0.2, 0.25) is 10.0 Å². The summed E-state index contributed by atoms with van der Waals surface area (Å²) in [4.78, 5) is 17.4. The Labute approximate surface area is 195 Å². The Hall–Kier alpha value is -1.93. The molecule has 2 aromatic carbocycles. The minimum absolute atomic E-state index is 0.107. The average molecular weight is 476 g/mol. The van der Waals surface area contributed by atoms with Crippen molar-refractivity contribution in [1.82, 2.24) is 14.1 Å². The molecule has 2 aliphatic rings. The summed E-state index contributed by atoms with van der Waals surface area (Å²) in [7, 11) is -3.57. The Morgan fingerprint density at radius 3 is 2.16 bits per heavy atom. The van der Waals surface area contributed by atoms with Crippen LogP contribution in [0, 0.1) is 0 Å². The minimum Gasteiger partial charge on any atom is -0.336 e. The van der Waals surface area contributed by atoms with Crippen LogP contribution in [0.4, 0.5) is 0 Å². The van der Waals surface area contributed by atoms with Gasteiger partial charge in [-0.05, 0) is 48.7 Å². The fourth-order valence-electron chi connectivity index (χ4n) is 4.36. The molecule has 1 amide bonds. The van der Waals surface area contributed by atoms with E-state index in [2.05, 4.69) is 4.90 Å². The molecule has 0 aliphatic carbocycles. The normalized spacial score (nSPS) is 19.0. The Kier molecular flexibility index (Phi) is 7.51. The minimum atomic E-state index is -3.57. The third kappa shape index (κ3) is 5.52. The zero-order chi connectivity index (χ0) is 22.6. The highest BCUT2D eigenvalue weighted by atomic mass is 35.5. The Bertz CT molecular complexity index is 1030. The molecule has 0 spiro atoms. The summed E-state index contributed by atoms with van der Waals surface area (Å²) < 4.78 is 27.8. The third-order valence-electron chi connectivity index (χ3n) is 6.26. The van der Waals surface area contributed by atoms with Crippen LogP contribution < -0.4 is 0 Å². The number of hydrogen-bond acceptors (Lipinski definition) is 4. The molecular formula is C24H30ClN3O3S. The zero-order valence-corrected chi connectivity index (χ0v) is 19.8. The lowest BCUT2D eigenvalue weighted by Crippen LogP contribution is -2.48. The van der Waals surface area contributed by atoms with Crippen LogP contribution in [0.25, 0.3) is 0 Å². The van der Waals surface area contributed by atoms with Crippen molar-refractivity contribution in [2.45, 2.75) is 37.1 Å². The maximum absolute atomic E-state index is 13.1. The molecule has 2 saturated heterocycles. The number of amides is 1. The molecule has 32 heavy (non-hydrogen) atoms. The van der Waals surface area contributed by atoms with Crippen LogP contribution in [0.3, 0.4) is 0 Å². The van der Waals surface area contributed by atoms with Gasteiger partial charge in [0.25, 0.3) is 5.91 Å². The first-order valence-corrected chi connectivity index (χ1v) is 13.1. The number of hydrogen-bond donors (Lipinski definition) is 0. The molecule has 2 heterocycles. The number of rotatable bonds is 5. The zero-order valence-electron chi connectivity index (χ0n) is 18.2. The predicted molar refractivity (Wildman–Crippen MR) is 126 cm³/mol. The molecule has 2 fully saturated rings. The van der Waals surface area contributed by atoms with Gasteiger partial charge in [0.05, 0.1) is 4.90 Å². The molecule has 0 N–H and O–H groups in total. The second-order valence-electron chi connectivity index (χ2n) is 8.54. The van der Waals surface area contributed by atoms with Crippen molar-refractivity contribution in [3.8, 4) is 0 Å². The van der Waals surface area contributed by atoms with E-state index in [9.17, 15) is 13.2 Å². The van der Waals surface area contributed by atoms with E-state index in [1.807, 2.05) is 29.2 Å². The van der Waals surface area contributed by atoms with E-state index in [0.29, 0.717) is 31.7 Å². The number of sulfonamides is 1. The number of halogens is 1. The Morgan fingerprint density at radius 2 is 1.50 bits per heavy atom. The maximum Gasteiger partial charge on any atom is 0.253 e. The first kappa shape index (κ1) is 23.2. The number of carbonyl (C=O) groups is 1. The molecule has 4 rings (SSSR count). The molecule has 8 heteroatoms. The lowest BCUT2D eigenvalue weighted by atomic mass is 10.1. The molecule has 0 saturated carbocycles. The van der Waals surface area contributed by atoms with Gasteiger partial charge >= 0.3 is 0 Å². The Morgan fingerprint density at radius 1 is 0.844 bits per heavy atom. The summed E-state index contributed by atoms with van der Waals surface area (Å²) in [5.74, 6) is -0.107. The highest BCUT2D eigenvalue weighted by Crippen LogP contribution is 2.22.